The maximum atomic E-state index is 14.0. The number of nitrogens with one attached hydrogen (secondary N) is 1. The van der Waals surface area contributed by atoms with Crippen molar-refractivity contribution in [3.05, 3.63) is 93.5 Å². The molecule has 10 heteroatoms. The molecule has 0 heterocycles. The van der Waals surface area contributed by atoms with E-state index in [0.717, 1.165) is 21.9 Å². The highest BCUT2D eigenvalue weighted by Crippen LogP contribution is 2.29. The topological polar surface area (TPSA) is 86.8 Å². The molecule has 0 aromatic heterocycles. The fourth-order valence-electron chi connectivity index (χ4n) is 3.98. The largest absolute Gasteiger partial charge is 0.352 e. The standard InChI is InChI=1S/C30H35Cl2N3O4S/c1-6-22(4)33-30(37)23(5)34(18-24-8-7-9-25(31)16-24)29(36)19-35(26-13-12-21(3)28(32)17-26)40(38,39)27-14-10-20(2)11-15-27/h7-17,22-23H,6,18-19H2,1-5H3,(H,33,37)/t22-,23-/m0/s1. The molecule has 2 amide bonds. The molecule has 0 unspecified atom stereocenters. The Balaban J connectivity index is 2.05. The van der Waals surface area contributed by atoms with Crippen molar-refractivity contribution in [1.29, 1.82) is 0 Å². The molecular weight excluding hydrogens is 569 g/mol. The van der Waals surface area contributed by atoms with Gasteiger partial charge in [-0.25, -0.2) is 8.42 Å². The van der Waals surface area contributed by atoms with Gasteiger partial charge in [0.2, 0.25) is 11.8 Å². The number of halogens is 2. The van der Waals surface area contributed by atoms with Crippen LogP contribution in [0, 0.1) is 13.8 Å². The molecule has 0 aliphatic rings. The lowest BCUT2D eigenvalue weighted by atomic mass is 10.1. The van der Waals surface area contributed by atoms with Crippen LogP contribution >= 0.6 is 23.2 Å². The second-order valence-electron chi connectivity index (χ2n) is 9.90. The number of hydrogen-bond donors (Lipinski definition) is 1. The maximum Gasteiger partial charge on any atom is 0.264 e. The average molecular weight is 605 g/mol. The molecule has 0 saturated carbocycles. The van der Waals surface area contributed by atoms with Crippen LogP contribution in [0.2, 0.25) is 10.0 Å². The van der Waals surface area contributed by atoms with Crippen molar-refractivity contribution in [3.63, 3.8) is 0 Å². The Bertz CT molecular complexity index is 1460. The normalized spacial score (nSPS) is 12.9. The van der Waals surface area contributed by atoms with Crippen LogP contribution in [0.15, 0.2) is 71.6 Å². The number of amides is 2. The number of sulfonamides is 1. The second-order valence-corrected chi connectivity index (χ2v) is 12.6. The molecule has 3 rings (SSSR count). The minimum Gasteiger partial charge on any atom is -0.352 e. The van der Waals surface area contributed by atoms with Crippen molar-refractivity contribution >= 4 is 50.7 Å². The first-order valence-electron chi connectivity index (χ1n) is 13.0. The quantitative estimate of drug-likeness (QED) is 0.285. The zero-order valence-corrected chi connectivity index (χ0v) is 25.6. The van der Waals surface area contributed by atoms with E-state index in [1.54, 1.807) is 62.4 Å². The van der Waals surface area contributed by atoms with Crippen LogP contribution in [-0.4, -0.2) is 43.8 Å². The van der Waals surface area contributed by atoms with Gasteiger partial charge in [0.25, 0.3) is 10.0 Å². The Labute approximate surface area is 247 Å². The number of carbonyl (C=O) groups excluding carboxylic acids is 2. The number of carbonyl (C=O) groups is 2. The maximum absolute atomic E-state index is 14.0. The van der Waals surface area contributed by atoms with Crippen LogP contribution in [0.4, 0.5) is 5.69 Å². The summed E-state index contributed by atoms with van der Waals surface area (Å²) < 4.78 is 28.8. The van der Waals surface area contributed by atoms with E-state index >= 15 is 0 Å². The summed E-state index contributed by atoms with van der Waals surface area (Å²) in [6.45, 7) is 8.63. The summed E-state index contributed by atoms with van der Waals surface area (Å²) in [5.41, 5.74) is 2.61. The molecule has 214 valence electrons. The first-order chi connectivity index (χ1) is 18.8. The van der Waals surface area contributed by atoms with Crippen molar-refractivity contribution in [1.82, 2.24) is 10.2 Å². The van der Waals surface area contributed by atoms with Gasteiger partial charge in [-0.05, 0) is 81.6 Å². The van der Waals surface area contributed by atoms with Crippen LogP contribution in [0.1, 0.15) is 43.9 Å². The van der Waals surface area contributed by atoms with Gasteiger partial charge in [-0.1, -0.05) is 66.0 Å². The molecule has 3 aromatic carbocycles. The summed E-state index contributed by atoms with van der Waals surface area (Å²) in [5.74, 6) is -0.893. The smallest absolute Gasteiger partial charge is 0.264 e. The summed E-state index contributed by atoms with van der Waals surface area (Å²) in [7, 11) is -4.17. The molecule has 3 aromatic rings. The number of benzene rings is 3. The first-order valence-corrected chi connectivity index (χ1v) is 15.2. The van der Waals surface area contributed by atoms with Gasteiger partial charge >= 0.3 is 0 Å². The Morgan fingerprint density at radius 2 is 1.62 bits per heavy atom. The highest BCUT2D eigenvalue weighted by atomic mass is 35.5. The molecule has 0 radical (unpaired) electrons. The summed E-state index contributed by atoms with van der Waals surface area (Å²) in [5, 5.41) is 3.77. The SMILES string of the molecule is CC[C@H](C)NC(=O)[C@H](C)N(Cc1cccc(Cl)c1)C(=O)CN(c1ccc(C)c(Cl)c1)S(=O)(=O)c1ccc(C)cc1. The lowest BCUT2D eigenvalue weighted by molar-refractivity contribution is -0.139. The lowest BCUT2D eigenvalue weighted by Crippen LogP contribution is -2.52. The number of aryl methyl sites for hydroxylation is 2. The van der Waals surface area contributed by atoms with Gasteiger partial charge in [-0.3, -0.25) is 13.9 Å². The minimum absolute atomic E-state index is 0.0338. The van der Waals surface area contributed by atoms with Crippen LogP contribution in [0.25, 0.3) is 0 Å². The van der Waals surface area contributed by atoms with Gasteiger partial charge in [0.05, 0.1) is 10.6 Å². The molecule has 1 N–H and O–H groups in total. The van der Waals surface area contributed by atoms with E-state index in [2.05, 4.69) is 5.32 Å². The van der Waals surface area contributed by atoms with Crippen molar-refractivity contribution in [2.24, 2.45) is 0 Å². The Kier molecular flexibility index (Phi) is 10.6. The number of rotatable bonds is 11. The molecule has 0 spiro atoms. The van der Waals surface area contributed by atoms with Crippen molar-refractivity contribution < 1.29 is 18.0 Å². The van der Waals surface area contributed by atoms with Crippen molar-refractivity contribution in [3.8, 4) is 0 Å². The fraction of sp³-hybridized carbons (Fsp3) is 0.333. The number of anilines is 1. The molecule has 0 aliphatic heterocycles. The van der Waals surface area contributed by atoms with E-state index in [4.69, 9.17) is 23.2 Å². The van der Waals surface area contributed by atoms with E-state index in [0.29, 0.717) is 15.6 Å². The Hall–Kier alpha value is -3.07. The summed E-state index contributed by atoms with van der Waals surface area (Å²) in [6.07, 6.45) is 0.720. The van der Waals surface area contributed by atoms with Crippen molar-refractivity contribution in [2.45, 2.75) is 64.6 Å². The van der Waals surface area contributed by atoms with E-state index in [1.807, 2.05) is 20.8 Å². The van der Waals surface area contributed by atoms with Crippen molar-refractivity contribution in [2.75, 3.05) is 10.8 Å². The van der Waals surface area contributed by atoms with Gasteiger partial charge < -0.3 is 10.2 Å². The average Bonchev–Trinajstić information content (AvgIpc) is 2.91. The summed E-state index contributed by atoms with van der Waals surface area (Å²) in [4.78, 5) is 28.5. The van der Waals surface area contributed by atoms with Crippen LogP contribution in [0.3, 0.4) is 0 Å². The van der Waals surface area contributed by atoms with E-state index < -0.39 is 28.5 Å². The zero-order valence-electron chi connectivity index (χ0n) is 23.3. The van der Waals surface area contributed by atoms with Gasteiger partial charge in [-0.2, -0.15) is 0 Å². The monoisotopic (exact) mass is 603 g/mol. The summed E-state index contributed by atoms with van der Waals surface area (Å²) >= 11 is 12.6. The van der Waals surface area contributed by atoms with Crippen LogP contribution in [-0.2, 0) is 26.2 Å². The first kappa shape index (κ1) is 31.5. The molecule has 40 heavy (non-hydrogen) atoms. The van der Waals surface area contributed by atoms with E-state index in [9.17, 15) is 18.0 Å². The molecule has 7 nitrogen and oxygen atoms in total. The van der Waals surface area contributed by atoms with Crippen LogP contribution in [0.5, 0.6) is 0 Å². The Morgan fingerprint density at radius 1 is 0.950 bits per heavy atom. The third-order valence-electron chi connectivity index (χ3n) is 6.74. The van der Waals surface area contributed by atoms with Gasteiger partial charge in [0.1, 0.15) is 12.6 Å². The lowest BCUT2D eigenvalue weighted by Gasteiger charge is -2.32. The molecular formula is C30H35Cl2N3O4S. The number of hydrogen-bond acceptors (Lipinski definition) is 4. The molecule has 0 saturated heterocycles. The highest BCUT2D eigenvalue weighted by Gasteiger charge is 2.33. The number of nitrogens with zero attached hydrogens (tertiary/aromatic N) is 2. The molecule has 2 atom stereocenters. The van der Waals surface area contributed by atoms with Crippen LogP contribution < -0.4 is 9.62 Å². The molecule has 0 fully saturated rings. The Morgan fingerprint density at radius 3 is 2.23 bits per heavy atom. The van der Waals surface area contributed by atoms with E-state index in [1.165, 1.54) is 23.1 Å². The predicted octanol–water partition coefficient (Wildman–Crippen LogP) is 6.14. The van der Waals surface area contributed by atoms with E-state index in [-0.39, 0.29) is 29.1 Å². The highest BCUT2D eigenvalue weighted by molar-refractivity contribution is 7.92. The third-order valence-corrected chi connectivity index (χ3v) is 9.17. The minimum atomic E-state index is -4.17. The predicted molar refractivity (Wildman–Crippen MR) is 161 cm³/mol. The zero-order chi connectivity index (χ0) is 29.6. The van der Waals surface area contributed by atoms with Gasteiger partial charge in [0.15, 0.2) is 0 Å². The molecule has 0 bridgehead atoms. The third kappa shape index (κ3) is 7.77. The van der Waals surface area contributed by atoms with Gasteiger partial charge in [0, 0.05) is 22.6 Å². The van der Waals surface area contributed by atoms with Gasteiger partial charge in [-0.15, -0.1) is 0 Å². The molecule has 0 aliphatic carbocycles. The fourth-order valence-corrected chi connectivity index (χ4v) is 5.78. The summed E-state index contributed by atoms with van der Waals surface area (Å²) in [6, 6.07) is 17.2. The second kappa shape index (κ2) is 13.5.